The smallest absolute Gasteiger partial charge is 0.0255 e. The fraction of sp³-hybridized carbons (Fsp3) is 0.750. The van der Waals surface area contributed by atoms with Crippen molar-refractivity contribution in [2.45, 2.75) is 64.3 Å². The Morgan fingerprint density at radius 3 is 2.59 bits per heavy atom. The van der Waals surface area contributed by atoms with Crippen LogP contribution in [0.5, 0.6) is 0 Å². The van der Waals surface area contributed by atoms with Crippen LogP contribution in [0.2, 0.25) is 0 Å². The van der Waals surface area contributed by atoms with E-state index in [1.165, 1.54) is 51.4 Å². The summed E-state index contributed by atoms with van der Waals surface area (Å²) >= 11 is 0. The first-order valence-electron chi connectivity index (χ1n) is 7.52. The second-order valence-electron chi connectivity index (χ2n) is 5.49. The SMILES string of the molecule is CCNC1C=CC(C2CCCCCC2)=CCC1. The van der Waals surface area contributed by atoms with Gasteiger partial charge in [0.15, 0.2) is 0 Å². The quantitative estimate of drug-likeness (QED) is 0.720. The Labute approximate surface area is 106 Å². The van der Waals surface area contributed by atoms with Gasteiger partial charge in [0.1, 0.15) is 0 Å². The molecule has 0 amide bonds. The van der Waals surface area contributed by atoms with Gasteiger partial charge in [0.25, 0.3) is 0 Å². The van der Waals surface area contributed by atoms with Crippen molar-refractivity contribution < 1.29 is 0 Å². The number of rotatable bonds is 3. The minimum atomic E-state index is 0.597. The molecule has 17 heavy (non-hydrogen) atoms. The lowest BCUT2D eigenvalue weighted by Gasteiger charge is -2.15. The number of hydrogen-bond donors (Lipinski definition) is 1. The lowest BCUT2D eigenvalue weighted by atomic mass is 9.91. The fourth-order valence-corrected chi connectivity index (χ4v) is 3.17. The van der Waals surface area contributed by atoms with Gasteiger partial charge >= 0.3 is 0 Å². The molecule has 1 atom stereocenters. The third kappa shape index (κ3) is 3.99. The first-order chi connectivity index (χ1) is 8.40. The number of hydrogen-bond acceptors (Lipinski definition) is 1. The molecule has 1 fully saturated rings. The lowest BCUT2D eigenvalue weighted by molar-refractivity contribution is 0.538. The van der Waals surface area contributed by atoms with Crippen LogP contribution in [0.4, 0.5) is 0 Å². The van der Waals surface area contributed by atoms with Crippen molar-refractivity contribution in [1.82, 2.24) is 5.32 Å². The van der Waals surface area contributed by atoms with Gasteiger partial charge in [-0.1, -0.05) is 50.8 Å². The second-order valence-corrected chi connectivity index (χ2v) is 5.49. The van der Waals surface area contributed by atoms with Crippen LogP contribution in [0.15, 0.2) is 23.8 Å². The average Bonchev–Trinajstić information content (AvgIpc) is 2.71. The van der Waals surface area contributed by atoms with Crippen molar-refractivity contribution in [2.24, 2.45) is 5.92 Å². The first-order valence-corrected chi connectivity index (χ1v) is 7.52. The van der Waals surface area contributed by atoms with Gasteiger partial charge in [-0.3, -0.25) is 0 Å². The van der Waals surface area contributed by atoms with E-state index < -0.39 is 0 Å². The summed E-state index contributed by atoms with van der Waals surface area (Å²) in [6.45, 7) is 3.27. The standard InChI is InChI=1S/C16H27N/c1-2-17-16-11-7-10-15(12-13-16)14-8-5-3-4-6-9-14/h10,12-14,16-17H,2-9,11H2,1H3. The van der Waals surface area contributed by atoms with E-state index in [0.29, 0.717) is 6.04 Å². The molecule has 2 aliphatic carbocycles. The molecule has 0 bridgehead atoms. The first kappa shape index (κ1) is 12.9. The molecule has 1 unspecified atom stereocenters. The van der Waals surface area contributed by atoms with E-state index in [9.17, 15) is 0 Å². The Balaban J connectivity index is 1.94. The third-order valence-corrected chi connectivity index (χ3v) is 4.17. The average molecular weight is 233 g/mol. The van der Waals surface area contributed by atoms with Gasteiger partial charge in [-0.05, 0) is 43.7 Å². The zero-order valence-electron chi connectivity index (χ0n) is 11.3. The van der Waals surface area contributed by atoms with Crippen molar-refractivity contribution in [3.63, 3.8) is 0 Å². The highest BCUT2D eigenvalue weighted by Crippen LogP contribution is 2.30. The molecule has 0 aromatic heterocycles. The van der Waals surface area contributed by atoms with Crippen molar-refractivity contribution in [3.8, 4) is 0 Å². The summed E-state index contributed by atoms with van der Waals surface area (Å²) < 4.78 is 0. The molecule has 1 heteroatoms. The summed E-state index contributed by atoms with van der Waals surface area (Å²) in [4.78, 5) is 0. The minimum Gasteiger partial charge on any atom is -0.311 e. The molecule has 0 radical (unpaired) electrons. The highest BCUT2D eigenvalue weighted by Gasteiger charge is 2.16. The molecule has 0 heterocycles. The van der Waals surface area contributed by atoms with Gasteiger partial charge in [0, 0.05) is 6.04 Å². The molecule has 1 N–H and O–H groups in total. The summed E-state index contributed by atoms with van der Waals surface area (Å²) in [5.74, 6) is 0.856. The molecule has 0 spiro atoms. The zero-order chi connectivity index (χ0) is 11.9. The molecule has 2 aliphatic rings. The van der Waals surface area contributed by atoms with Gasteiger partial charge in [-0.2, -0.15) is 0 Å². The van der Waals surface area contributed by atoms with E-state index >= 15 is 0 Å². The van der Waals surface area contributed by atoms with E-state index in [1.54, 1.807) is 5.57 Å². The highest BCUT2D eigenvalue weighted by atomic mass is 14.9. The van der Waals surface area contributed by atoms with Crippen molar-refractivity contribution in [1.29, 1.82) is 0 Å². The van der Waals surface area contributed by atoms with E-state index in [4.69, 9.17) is 0 Å². The predicted octanol–water partition coefficient (Wildman–Crippen LogP) is 4.21. The van der Waals surface area contributed by atoms with Crippen LogP contribution in [-0.2, 0) is 0 Å². The molecule has 0 aromatic carbocycles. The molecular formula is C16H27N. The van der Waals surface area contributed by atoms with Crippen LogP contribution in [0.25, 0.3) is 0 Å². The number of nitrogens with one attached hydrogen (secondary N) is 1. The summed E-state index contributed by atoms with van der Waals surface area (Å²) in [6.07, 6.45) is 18.4. The Morgan fingerprint density at radius 2 is 1.88 bits per heavy atom. The lowest BCUT2D eigenvalue weighted by Crippen LogP contribution is -2.26. The molecule has 0 aromatic rings. The molecule has 1 saturated carbocycles. The van der Waals surface area contributed by atoms with Crippen LogP contribution in [0.3, 0.4) is 0 Å². The maximum Gasteiger partial charge on any atom is 0.0255 e. The number of allylic oxidation sites excluding steroid dienone is 3. The summed E-state index contributed by atoms with van der Waals surface area (Å²) in [5.41, 5.74) is 1.63. The minimum absolute atomic E-state index is 0.597. The zero-order valence-corrected chi connectivity index (χ0v) is 11.3. The van der Waals surface area contributed by atoms with Crippen LogP contribution < -0.4 is 5.32 Å². The largest absolute Gasteiger partial charge is 0.311 e. The second kappa shape index (κ2) is 7.00. The molecular weight excluding hydrogens is 206 g/mol. The van der Waals surface area contributed by atoms with E-state index in [1.807, 2.05) is 0 Å². The van der Waals surface area contributed by atoms with Crippen LogP contribution in [0.1, 0.15) is 58.3 Å². The van der Waals surface area contributed by atoms with E-state index in [-0.39, 0.29) is 0 Å². The Hall–Kier alpha value is -0.560. The number of likely N-dealkylation sites (N-methyl/N-ethyl adjacent to an activating group) is 1. The van der Waals surface area contributed by atoms with Crippen LogP contribution in [0, 0.1) is 5.92 Å². The van der Waals surface area contributed by atoms with Crippen molar-refractivity contribution in [3.05, 3.63) is 23.8 Å². The Kier molecular flexibility index (Phi) is 5.31. The maximum absolute atomic E-state index is 3.54. The van der Waals surface area contributed by atoms with E-state index in [0.717, 1.165) is 12.5 Å². The molecule has 2 rings (SSSR count). The van der Waals surface area contributed by atoms with Crippen molar-refractivity contribution in [2.75, 3.05) is 6.54 Å². The Morgan fingerprint density at radius 1 is 1.12 bits per heavy atom. The van der Waals surface area contributed by atoms with Gasteiger partial charge < -0.3 is 5.32 Å². The van der Waals surface area contributed by atoms with Crippen LogP contribution in [-0.4, -0.2) is 12.6 Å². The predicted molar refractivity (Wildman–Crippen MR) is 75.1 cm³/mol. The van der Waals surface area contributed by atoms with Gasteiger partial charge in [-0.25, -0.2) is 0 Å². The summed E-state index contributed by atoms with van der Waals surface area (Å²) in [7, 11) is 0. The van der Waals surface area contributed by atoms with Gasteiger partial charge in [-0.15, -0.1) is 0 Å². The molecule has 0 saturated heterocycles. The maximum atomic E-state index is 3.54. The topological polar surface area (TPSA) is 12.0 Å². The molecule has 96 valence electrons. The molecule has 1 nitrogen and oxygen atoms in total. The summed E-state index contributed by atoms with van der Waals surface area (Å²) in [5, 5.41) is 3.54. The third-order valence-electron chi connectivity index (χ3n) is 4.17. The van der Waals surface area contributed by atoms with Gasteiger partial charge in [0.2, 0.25) is 0 Å². The Bertz CT molecular complexity index is 269. The normalized spacial score (nSPS) is 27.4. The summed E-state index contributed by atoms with van der Waals surface area (Å²) in [6, 6.07) is 0.597. The van der Waals surface area contributed by atoms with Crippen molar-refractivity contribution >= 4 is 0 Å². The van der Waals surface area contributed by atoms with Gasteiger partial charge in [0.05, 0.1) is 0 Å². The monoisotopic (exact) mass is 233 g/mol. The van der Waals surface area contributed by atoms with E-state index in [2.05, 4.69) is 30.5 Å². The highest BCUT2D eigenvalue weighted by molar-refractivity contribution is 5.25. The molecule has 0 aliphatic heterocycles. The fourth-order valence-electron chi connectivity index (χ4n) is 3.17. The van der Waals surface area contributed by atoms with Crippen LogP contribution >= 0.6 is 0 Å².